The van der Waals surface area contributed by atoms with Gasteiger partial charge < -0.3 is 9.72 Å². The van der Waals surface area contributed by atoms with Crippen LogP contribution in [0, 0.1) is 17.0 Å². The first kappa shape index (κ1) is 20.7. The highest BCUT2D eigenvalue weighted by Gasteiger charge is 2.16. The van der Waals surface area contributed by atoms with Crippen molar-refractivity contribution in [1.82, 2.24) is 9.66 Å². The van der Waals surface area contributed by atoms with Crippen LogP contribution in [0.15, 0.2) is 81.4 Å². The maximum atomic E-state index is 12.5. The molecule has 0 spiro atoms. The van der Waals surface area contributed by atoms with Gasteiger partial charge in [0, 0.05) is 11.6 Å². The summed E-state index contributed by atoms with van der Waals surface area (Å²) in [6, 6.07) is 18.5. The van der Waals surface area contributed by atoms with Gasteiger partial charge in [-0.2, -0.15) is 5.10 Å². The second-order valence-electron chi connectivity index (χ2n) is 7.10. The van der Waals surface area contributed by atoms with Gasteiger partial charge in [0.25, 0.3) is 5.56 Å². The number of nitrogens with zero attached hydrogens (tertiary/aromatic N) is 3. The van der Waals surface area contributed by atoms with Crippen molar-refractivity contribution in [3.05, 3.63) is 114 Å². The highest BCUT2D eigenvalue weighted by atomic mass is 16.6. The summed E-state index contributed by atoms with van der Waals surface area (Å²) < 4.78 is 6.32. The molecule has 0 aliphatic carbocycles. The Morgan fingerprint density at radius 3 is 2.69 bits per heavy atom. The Morgan fingerprint density at radius 1 is 1.09 bits per heavy atom. The van der Waals surface area contributed by atoms with E-state index in [-0.39, 0.29) is 18.0 Å². The maximum absolute atomic E-state index is 12.5. The van der Waals surface area contributed by atoms with E-state index in [9.17, 15) is 19.7 Å². The number of nitrogens with one attached hydrogen (secondary N) is 1. The number of aryl methyl sites for hydroxylation is 1. The van der Waals surface area contributed by atoms with E-state index in [1.807, 2.05) is 31.2 Å². The molecule has 9 nitrogen and oxygen atoms in total. The van der Waals surface area contributed by atoms with E-state index >= 15 is 0 Å². The first-order valence-electron chi connectivity index (χ1n) is 9.67. The molecule has 4 rings (SSSR count). The van der Waals surface area contributed by atoms with Crippen LogP contribution in [0.4, 0.5) is 5.69 Å². The van der Waals surface area contributed by atoms with Crippen molar-refractivity contribution >= 4 is 22.8 Å². The number of nitro benzene ring substituents is 1. The molecule has 0 radical (unpaired) electrons. The van der Waals surface area contributed by atoms with Crippen molar-refractivity contribution < 1.29 is 9.66 Å². The Bertz CT molecular complexity index is 1470. The fraction of sp³-hybridized carbons (Fsp3) is 0.0870. The molecule has 1 N–H and O–H groups in total. The van der Waals surface area contributed by atoms with E-state index in [0.717, 1.165) is 11.1 Å². The standard InChI is InChI=1S/C23H18N4O5/c1-15-5-4-6-17(11-15)14-32-21-10-9-16(12-20(21)27(30)31)13-24-26-22(28)18-7-2-3-8-19(18)25-23(26)29/h2-13H,14H2,1H3,(H,25,29). The molecule has 0 fully saturated rings. The molecule has 0 amide bonds. The SMILES string of the molecule is Cc1cccc(COc2ccc(C=Nn3c(=O)[nH]c4ccccc4c3=O)cc2[N+](=O)[O-])c1. The number of rotatable bonds is 6. The summed E-state index contributed by atoms with van der Waals surface area (Å²) in [5.74, 6) is 0.106. The lowest BCUT2D eigenvalue weighted by atomic mass is 10.1. The molecule has 9 heteroatoms. The summed E-state index contributed by atoms with van der Waals surface area (Å²) >= 11 is 0. The summed E-state index contributed by atoms with van der Waals surface area (Å²) in [4.78, 5) is 38.3. The number of aromatic nitrogens is 2. The number of aromatic amines is 1. The monoisotopic (exact) mass is 430 g/mol. The molecule has 0 aliphatic heterocycles. The van der Waals surface area contributed by atoms with E-state index in [1.54, 1.807) is 30.3 Å². The highest BCUT2D eigenvalue weighted by Crippen LogP contribution is 2.28. The number of benzene rings is 3. The molecule has 0 unspecified atom stereocenters. The van der Waals surface area contributed by atoms with E-state index < -0.39 is 16.2 Å². The molecule has 3 aromatic carbocycles. The molecular weight excluding hydrogens is 412 g/mol. The van der Waals surface area contributed by atoms with Gasteiger partial charge in [0.15, 0.2) is 5.75 Å². The molecule has 1 heterocycles. The Kier molecular flexibility index (Phi) is 5.63. The molecule has 0 saturated carbocycles. The van der Waals surface area contributed by atoms with E-state index in [1.165, 1.54) is 18.3 Å². The van der Waals surface area contributed by atoms with Gasteiger partial charge in [-0.25, -0.2) is 4.79 Å². The van der Waals surface area contributed by atoms with E-state index in [2.05, 4.69) is 10.1 Å². The largest absolute Gasteiger partial charge is 0.482 e. The smallest absolute Gasteiger partial charge is 0.349 e. The van der Waals surface area contributed by atoms with Crippen LogP contribution >= 0.6 is 0 Å². The predicted octanol–water partition coefficient (Wildman–Crippen LogP) is 3.37. The molecule has 32 heavy (non-hydrogen) atoms. The van der Waals surface area contributed by atoms with Crippen molar-refractivity contribution in [2.24, 2.45) is 5.10 Å². The molecule has 0 saturated heterocycles. The van der Waals surface area contributed by atoms with Crippen molar-refractivity contribution in [2.45, 2.75) is 13.5 Å². The second-order valence-corrected chi connectivity index (χ2v) is 7.10. The third-order valence-electron chi connectivity index (χ3n) is 4.76. The zero-order valence-electron chi connectivity index (χ0n) is 17.0. The van der Waals surface area contributed by atoms with Crippen LogP contribution in [0.3, 0.4) is 0 Å². The third kappa shape index (κ3) is 4.31. The minimum Gasteiger partial charge on any atom is -0.482 e. The fourth-order valence-corrected chi connectivity index (χ4v) is 3.22. The average molecular weight is 430 g/mol. The first-order chi connectivity index (χ1) is 15.4. The van der Waals surface area contributed by atoms with Gasteiger partial charge in [-0.1, -0.05) is 42.0 Å². The van der Waals surface area contributed by atoms with Gasteiger partial charge in [0.2, 0.25) is 0 Å². The van der Waals surface area contributed by atoms with Crippen LogP contribution in [-0.2, 0) is 6.61 Å². The summed E-state index contributed by atoms with van der Waals surface area (Å²) in [5.41, 5.74) is 1.14. The fourth-order valence-electron chi connectivity index (χ4n) is 3.22. The number of H-pyrrole nitrogens is 1. The quantitative estimate of drug-likeness (QED) is 0.286. The Morgan fingerprint density at radius 2 is 1.91 bits per heavy atom. The van der Waals surface area contributed by atoms with Gasteiger partial charge in [-0.05, 0) is 36.8 Å². The number of ether oxygens (including phenoxy) is 1. The van der Waals surface area contributed by atoms with Gasteiger partial charge in [-0.15, -0.1) is 4.68 Å². The third-order valence-corrected chi connectivity index (χ3v) is 4.76. The number of para-hydroxylation sites is 1. The topological polar surface area (TPSA) is 120 Å². The Labute approximate surface area is 181 Å². The number of nitro groups is 1. The number of fused-ring (bicyclic) bond motifs is 1. The molecule has 4 aromatic rings. The highest BCUT2D eigenvalue weighted by molar-refractivity contribution is 5.82. The average Bonchev–Trinajstić information content (AvgIpc) is 2.78. The van der Waals surface area contributed by atoms with Crippen LogP contribution in [0.1, 0.15) is 16.7 Å². The van der Waals surface area contributed by atoms with Crippen molar-refractivity contribution in [1.29, 1.82) is 0 Å². The van der Waals surface area contributed by atoms with Crippen LogP contribution in [-0.4, -0.2) is 20.8 Å². The Balaban J connectivity index is 1.62. The number of hydrogen-bond donors (Lipinski definition) is 1. The van der Waals surface area contributed by atoms with Crippen LogP contribution in [0.5, 0.6) is 5.75 Å². The van der Waals surface area contributed by atoms with Crippen LogP contribution in [0.25, 0.3) is 10.9 Å². The van der Waals surface area contributed by atoms with Crippen LogP contribution in [0.2, 0.25) is 0 Å². The lowest BCUT2D eigenvalue weighted by molar-refractivity contribution is -0.385. The molecule has 0 bridgehead atoms. The van der Waals surface area contributed by atoms with Crippen molar-refractivity contribution in [3.63, 3.8) is 0 Å². The second kappa shape index (κ2) is 8.68. The minimum atomic E-state index is -0.711. The summed E-state index contributed by atoms with van der Waals surface area (Å²) in [7, 11) is 0. The van der Waals surface area contributed by atoms with Crippen molar-refractivity contribution in [2.75, 3.05) is 0 Å². The predicted molar refractivity (Wildman–Crippen MR) is 120 cm³/mol. The lowest BCUT2D eigenvalue weighted by Gasteiger charge is -2.08. The van der Waals surface area contributed by atoms with Crippen molar-refractivity contribution in [3.8, 4) is 5.75 Å². The zero-order valence-corrected chi connectivity index (χ0v) is 17.0. The molecule has 1 aromatic heterocycles. The molecule has 0 aliphatic rings. The van der Waals surface area contributed by atoms with Gasteiger partial charge in [0.05, 0.1) is 22.0 Å². The van der Waals surface area contributed by atoms with Gasteiger partial charge in [-0.3, -0.25) is 14.9 Å². The molecular formula is C23H18N4O5. The lowest BCUT2D eigenvalue weighted by Crippen LogP contribution is -2.32. The number of hydrogen-bond acceptors (Lipinski definition) is 6. The summed E-state index contributed by atoms with van der Waals surface area (Å²) in [6.45, 7) is 2.13. The minimum absolute atomic E-state index is 0.106. The molecule has 160 valence electrons. The Hall–Kier alpha value is -4.53. The summed E-state index contributed by atoms with van der Waals surface area (Å²) in [5, 5.41) is 15.8. The normalized spacial score (nSPS) is 11.2. The maximum Gasteiger partial charge on any atom is 0.349 e. The van der Waals surface area contributed by atoms with E-state index in [4.69, 9.17) is 4.74 Å². The molecule has 0 atom stereocenters. The zero-order chi connectivity index (χ0) is 22.7. The van der Waals surface area contributed by atoms with Gasteiger partial charge in [0.1, 0.15) is 6.61 Å². The van der Waals surface area contributed by atoms with Gasteiger partial charge >= 0.3 is 11.4 Å². The first-order valence-corrected chi connectivity index (χ1v) is 9.67. The van der Waals surface area contributed by atoms with Crippen LogP contribution < -0.4 is 16.0 Å². The summed E-state index contributed by atoms with van der Waals surface area (Å²) in [6.07, 6.45) is 1.21. The van der Waals surface area contributed by atoms with E-state index in [0.29, 0.717) is 21.1 Å².